The van der Waals surface area contributed by atoms with E-state index in [0.717, 1.165) is 41.8 Å². The summed E-state index contributed by atoms with van der Waals surface area (Å²) in [6, 6.07) is 5.19. The van der Waals surface area contributed by atoms with Crippen LogP contribution < -0.4 is 5.32 Å². The van der Waals surface area contributed by atoms with E-state index in [1.807, 2.05) is 44.7 Å². The van der Waals surface area contributed by atoms with E-state index in [2.05, 4.69) is 5.32 Å². The number of ether oxygens (including phenoxy) is 1. The van der Waals surface area contributed by atoms with Gasteiger partial charge in [-0.3, -0.25) is 4.79 Å². The first-order valence-corrected chi connectivity index (χ1v) is 10.9. The summed E-state index contributed by atoms with van der Waals surface area (Å²) in [4.78, 5) is 14.6. The quantitative estimate of drug-likeness (QED) is 0.678. The van der Waals surface area contributed by atoms with Gasteiger partial charge in [0.15, 0.2) is 5.78 Å². The molecule has 3 nitrogen and oxygen atoms in total. The van der Waals surface area contributed by atoms with E-state index in [1.54, 1.807) is 6.08 Å². The first kappa shape index (κ1) is 19.3. The zero-order valence-corrected chi connectivity index (χ0v) is 17.4. The predicted octanol–water partition coefficient (Wildman–Crippen LogP) is 5.51. The van der Waals surface area contributed by atoms with Crippen molar-refractivity contribution in [2.24, 2.45) is 5.41 Å². The van der Waals surface area contributed by atoms with E-state index in [1.165, 1.54) is 22.9 Å². The van der Waals surface area contributed by atoms with Crippen LogP contribution in [0, 0.1) is 11.2 Å². The van der Waals surface area contributed by atoms with Crippen LogP contribution in [0.5, 0.6) is 0 Å². The van der Waals surface area contributed by atoms with Crippen molar-refractivity contribution in [1.82, 2.24) is 5.32 Å². The van der Waals surface area contributed by atoms with Gasteiger partial charge in [0.25, 0.3) is 0 Å². The Morgan fingerprint density at radius 3 is 2.93 bits per heavy atom. The molecule has 0 spiro atoms. The molecule has 1 aromatic rings. The molecule has 1 aliphatic carbocycles. The molecule has 0 saturated carbocycles. The van der Waals surface area contributed by atoms with Crippen molar-refractivity contribution < 1.29 is 13.9 Å². The van der Waals surface area contributed by atoms with Gasteiger partial charge in [-0.05, 0) is 50.0 Å². The van der Waals surface area contributed by atoms with Crippen molar-refractivity contribution in [3.63, 3.8) is 0 Å². The van der Waals surface area contributed by atoms with E-state index in [9.17, 15) is 9.18 Å². The molecule has 4 rings (SSSR count). The molecule has 28 heavy (non-hydrogen) atoms. The summed E-state index contributed by atoms with van der Waals surface area (Å²) < 4.78 is 19.6. The highest BCUT2D eigenvalue weighted by Crippen LogP contribution is 2.52. The Morgan fingerprint density at radius 1 is 1.32 bits per heavy atom. The number of Topliss-reactive ketones (excluding diaryl/α,β-unsaturated/α-hetero) is 1. The Hall–Kier alpha value is -2.01. The monoisotopic (exact) mass is 399 g/mol. The van der Waals surface area contributed by atoms with E-state index < -0.39 is 0 Å². The van der Waals surface area contributed by atoms with Crippen LogP contribution >= 0.6 is 11.8 Å². The third-order valence-electron chi connectivity index (χ3n) is 5.81. The smallest absolute Gasteiger partial charge is 0.167 e. The Morgan fingerprint density at radius 2 is 2.14 bits per heavy atom. The molecule has 3 aliphatic rings. The molecule has 1 N–H and O–H groups in total. The van der Waals surface area contributed by atoms with Gasteiger partial charge in [0, 0.05) is 44.5 Å². The van der Waals surface area contributed by atoms with Crippen molar-refractivity contribution in [3.05, 3.63) is 63.3 Å². The fraction of sp³-hybridized carbons (Fsp3) is 0.435. The fourth-order valence-corrected chi connectivity index (χ4v) is 5.47. The molecule has 0 aromatic heterocycles. The molecule has 1 unspecified atom stereocenters. The maximum atomic E-state index is 14.3. The molecule has 0 saturated heterocycles. The maximum Gasteiger partial charge on any atom is 0.167 e. The molecular weight excluding hydrogens is 373 g/mol. The molecule has 1 atom stereocenters. The number of thioether (sulfide) groups is 1. The average molecular weight is 400 g/mol. The van der Waals surface area contributed by atoms with Crippen LogP contribution in [0.3, 0.4) is 0 Å². The van der Waals surface area contributed by atoms with Gasteiger partial charge in [0.05, 0.1) is 12.9 Å². The Bertz CT molecular complexity index is 913. The predicted molar refractivity (Wildman–Crippen MR) is 112 cm³/mol. The van der Waals surface area contributed by atoms with E-state index >= 15 is 0 Å². The fourth-order valence-electron chi connectivity index (χ4n) is 4.20. The minimum atomic E-state index is -0.363. The molecule has 0 bridgehead atoms. The number of hydrogen-bond acceptors (Lipinski definition) is 4. The van der Waals surface area contributed by atoms with Gasteiger partial charge in [0.2, 0.25) is 0 Å². The van der Waals surface area contributed by atoms with Crippen LogP contribution in [0.15, 0.2) is 46.3 Å². The molecule has 5 heteroatoms. The first-order chi connectivity index (χ1) is 13.4. The number of halogens is 1. The van der Waals surface area contributed by atoms with Crippen LogP contribution in [0.2, 0.25) is 0 Å². The van der Waals surface area contributed by atoms with Gasteiger partial charge >= 0.3 is 0 Å². The summed E-state index contributed by atoms with van der Waals surface area (Å²) in [7, 11) is 0. The molecular formula is C23H26FNO2S. The van der Waals surface area contributed by atoms with Crippen LogP contribution in [0.25, 0.3) is 6.08 Å². The summed E-state index contributed by atoms with van der Waals surface area (Å²) in [6.07, 6.45) is 5.90. The maximum absolute atomic E-state index is 14.3. The number of hydrogen-bond donors (Lipinski definition) is 1. The second-order valence-corrected chi connectivity index (χ2v) is 9.28. The minimum absolute atomic E-state index is 0.106. The molecule has 1 aromatic carbocycles. The molecule has 0 radical (unpaired) electrons. The van der Waals surface area contributed by atoms with Crippen LogP contribution in [-0.4, -0.2) is 18.1 Å². The van der Waals surface area contributed by atoms with Gasteiger partial charge in [-0.2, -0.15) is 0 Å². The van der Waals surface area contributed by atoms with E-state index in [-0.39, 0.29) is 22.9 Å². The highest BCUT2D eigenvalue weighted by atomic mass is 32.2. The Labute approximate surface area is 170 Å². The van der Waals surface area contributed by atoms with Crippen LogP contribution in [0.1, 0.15) is 57.1 Å². The van der Waals surface area contributed by atoms with Crippen molar-refractivity contribution in [3.8, 4) is 0 Å². The standard InChI is InChI=1S/C23H26FNO2S/c1-4-27-11-8-14-13-15(5-6-16(14)24)19-20-17(7-10-23(2,3)22(20)26)25-18-9-12-28-21(18)19/h5-6,8,11,13,19,25H,4,7,9-10,12H2,1-3H3. The molecule has 148 valence electrons. The molecule has 0 fully saturated rings. The Kier molecular flexibility index (Phi) is 5.13. The summed E-state index contributed by atoms with van der Waals surface area (Å²) in [5.74, 6) is 0.836. The third kappa shape index (κ3) is 3.30. The zero-order chi connectivity index (χ0) is 19.9. The number of carbonyl (C=O) groups excluding carboxylic acids is 1. The SMILES string of the molecule is CCOC=Cc1cc(C2C3=C(CCS3)NC3=C2C(=O)C(C)(C)CC3)ccc1F. The number of allylic oxidation sites excluding steroid dienone is 4. The number of rotatable bonds is 4. The van der Waals surface area contributed by atoms with Crippen molar-refractivity contribution in [2.75, 3.05) is 12.4 Å². The highest BCUT2D eigenvalue weighted by molar-refractivity contribution is 8.03. The van der Waals surface area contributed by atoms with Gasteiger partial charge in [0.1, 0.15) is 5.82 Å². The second kappa shape index (κ2) is 7.43. The van der Waals surface area contributed by atoms with Crippen molar-refractivity contribution in [1.29, 1.82) is 0 Å². The summed E-state index contributed by atoms with van der Waals surface area (Å²) in [5.41, 5.74) is 4.26. The molecule has 2 aliphatic heterocycles. The largest absolute Gasteiger partial charge is 0.501 e. The van der Waals surface area contributed by atoms with E-state index in [0.29, 0.717) is 12.2 Å². The lowest BCUT2D eigenvalue weighted by atomic mass is 9.69. The molecule has 2 heterocycles. The van der Waals surface area contributed by atoms with Crippen LogP contribution in [0.4, 0.5) is 4.39 Å². The summed E-state index contributed by atoms with van der Waals surface area (Å²) in [5, 5.41) is 3.56. The lowest BCUT2D eigenvalue weighted by Gasteiger charge is -2.39. The van der Waals surface area contributed by atoms with E-state index in [4.69, 9.17) is 4.74 Å². The summed E-state index contributed by atoms with van der Waals surface area (Å²) >= 11 is 1.81. The lowest BCUT2D eigenvalue weighted by molar-refractivity contribution is -0.124. The summed E-state index contributed by atoms with van der Waals surface area (Å²) in [6.45, 7) is 6.49. The number of nitrogens with one attached hydrogen (secondary N) is 1. The number of dihydropyridines is 1. The number of ketones is 1. The second-order valence-electron chi connectivity index (χ2n) is 8.14. The van der Waals surface area contributed by atoms with Crippen molar-refractivity contribution in [2.45, 2.75) is 46.0 Å². The van der Waals surface area contributed by atoms with Gasteiger partial charge < -0.3 is 10.1 Å². The van der Waals surface area contributed by atoms with Crippen LogP contribution in [-0.2, 0) is 9.53 Å². The average Bonchev–Trinajstić information content (AvgIpc) is 3.13. The zero-order valence-electron chi connectivity index (χ0n) is 16.6. The lowest BCUT2D eigenvalue weighted by Crippen LogP contribution is -2.38. The first-order valence-electron chi connectivity index (χ1n) is 9.90. The number of carbonyl (C=O) groups is 1. The molecule has 0 amide bonds. The van der Waals surface area contributed by atoms with Crippen molar-refractivity contribution >= 4 is 23.6 Å². The minimum Gasteiger partial charge on any atom is -0.501 e. The third-order valence-corrected chi connectivity index (χ3v) is 7.01. The van der Waals surface area contributed by atoms with Gasteiger partial charge in [-0.15, -0.1) is 11.8 Å². The Balaban J connectivity index is 1.81. The van der Waals surface area contributed by atoms with Gasteiger partial charge in [-0.25, -0.2) is 4.39 Å². The highest BCUT2D eigenvalue weighted by Gasteiger charge is 2.44. The normalized spacial score (nSPS) is 23.7. The topological polar surface area (TPSA) is 38.3 Å². The number of benzene rings is 1. The van der Waals surface area contributed by atoms with Gasteiger partial charge in [-0.1, -0.05) is 19.9 Å².